The zero-order valence-corrected chi connectivity index (χ0v) is 15.2. The number of hydrogen-bond acceptors (Lipinski definition) is 3. The highest BCUT2D eigenvalue weighted by Crippen LogP contribution is 2.22. The van der Waals surface area contributed by atoms with E-state index in [9.17, 15) is 9.18 Å². The van der Waals surface area contributed by atoms with Gasteiger partial charge in [-0.25, -0.2) is 4.39 Å². The molecule has 0 aliphatic carbocycles. The molecule has 3 nitrogen and oxygen atoms in total. The van der Waals surface area contributed by atoms with Gasteiger partial charge in [-0.15, -0.1) is 12.4 Å². The van der Waals surface area contributed by atoms with Crippen molar-refractivity contribution in [1.82, 2.24) is 4.90 Å². The van der Waals surface area contributed by atoms with Gasteiger partial charge in [0.2, 0.25) is 5.91 Å². The van der Waals surface area contributed by atoms with Crippen LogP contribution >= 0.6 is 24.2 Å². The van der Waals surface area contributed by atoms with Crippen molar-refractivity contribution in [1.29, 1.82) is 0 Å². The second-order valence-electron chi connectivity index (χ2n) is 5.99. The molecule has 1 aliphatic rings. The number of piperidine rings is 1. The van der Waals surface area contributed by atoms with Gasteiger partial charge in [-0.05, 0) is 61.3 Å². The van der Waals surface area contributed by atoms with Crippen LogP contribution in [0, 0.1) is 11.7 Å². The van der Waals surface area contributed by atoms with Crippen molar-refractivity contribution in [2.24, 2.45) is 11.7 Å². The van der Waals surface area contributed by atoms with E-state index in [0.29, 0.717) is 5.92 Å². The third kappa shape index (κ3) is 6.32. The smallest absolute Gasteiger partial charge is 0.239 e. The second-order valence-corrected chi connectivity index (χ2v) is 6.98. The number of halogens is 2. The number of hydrogen-bond donors (Lipinski definition) is 1. The Bertz CT molecular complexity index is 495. The molecule has 23 heavy (non-hydrogen) atoms. The summed E-state index contributed by atoms with van der Waals surface area (Å²) < 4.78 is 13.2. The van der Waals surface area contributed by atoms with Crippen molar-refractivity contribution in [2.75, 3.05) is 25.1 Å². The summed E-state index contributed by atoms with van der Waals surface area (Å²) in [5, 5.41) is 0. The number of thioether (sulfide) groups is 1. The van der Waals surface area contributed by atoms with Gasteiger partial charge in [0.1, 0.15) is 5.82 Å². The number of carbonyl (C=O) groups excluding carboxylic acids is 1. The van der Waals surface area contributed by atoms with E-state index in [1.165, 1.54) is 6.07 Å². The maximum absolute atomic E-state index is 13.2. The average molecular weight is 361 g/mol. The summed E-state index contributed by atoms with van der Waals surface area (Å²) in [6, 6.07) is 6.44. The van der Waals surface area contributed by atoms with Gasteiger partial charge in [0.25, 0.3) is 0 Å². The van der Waals surface area contributed by atoms with E-state index >= 15 is 0 Å². The summed E-state index contributed by atoms with van der Waals surface area (Å²) in [6.45, 7) is 1.54. The van der Waals surface area contributed by atoms with Crippen LogP contribution in [-0.2, 0) is 11.2 Å². The van der Waals surface area contributed by atoms with E-state index in [-0.39, 0.29) is 30.2 Å². The molecule has 1 aromatic carbocycles. The summed E-state index contributed by atoms with van der Waals surface area (Å²) in [5.41, 5.74) is 7.01. The third-order valence-electron chi connectivity index (χ3n) is 4.29. The lowest BCUT2D eigenvalue weighted by Crippen LogP contribution is -2.47. The van der Waals surface area contributed by atoms with E-state index in [1.54, 1.807) is 23.9 Å². The van der Waals surface area contributed by atoms with Crippen molar-refractivity contribution in [3.63, 3.8) is 0 Å². The molecule has 0 spiro atoms. The minimum Gasteiger partial charge on any atom is -0.341 e. The molecule has 0 saturated carbocycles. The average Bonchev–Trinajstić information content (AvgIpc) is 2.52. The maximum Gasteiger partial charge on any atom is 0.239 e. The standard InChI is InChI=1S/C17H25FN2OS.ClH/c1-22-10-7-16(19)17(21)20-8-5-13(6-9-20)11-14-3-2-4-15(18)12-14;/h2-4,12-13,16H,5-11,19H2,1H3;1H/t16-;/m0./s1. The van der Waals surface area contributed by atoms with Gasteiger partial charge in [-0.1, -0.05) is 12.1 Å². The Hall–Kier alpha value is -0.780. The molecule has 1 heterocycles. The number of nitrogens with two attached hydrogens (primary N) is 1. The van der Waals surface area contributed by atoms with Gasteiger partial charge < -0.3 is 10.6 Å². The molecular weight excluding hydrogens is 335 g/mol. The first-order valence-electron chi connectivity index (χ1n) is 7.88. The van der Waals surface area contributed by atoms with Crippen LogP contribution in [0.2, 0.25) is 0 Å². The van der Waals surface area contributed by atoms with Crippen LogP contribution in [0.1, 0.15) is 24.8 Å². The lowest BCUT2D eigenvalue weighted by Gasteiger charge is -2.33. The molecule has 0 unspecified atom stereocenters. The first-order valence-corrected chi connectivity index (χ1v) is 9.27. The monoisotopic (exact) mass is 360 g/mol. The van der Waals surface area contributed by atoms with E-state index in [1.807, 2.05) is 17.2 Å². The SMILES string of the molecule is CSCC[C@H](N)C(=O)N1CCC(Cc2cccc(F)c2)CC1.Cl. The molecule has 1 atom stereocenters. The van der Waals surface area contributed by atoms with E-state index in [2.05, 4.69) is 0 Å². The van der Waals surface area contributed by atoms with Crippen molar-refractivity contribution >= 4 is 30.1 Å². The summed E-state index contributed by atoms with van der Waals surface area (Å²) >= 11 is 1.72. The molecule has 0 radical (unpaired) electrons. The van der Waals surface area contributed by atoms with E-state index in [0.717, 1.165) is 50.1 Å². The zero-order valence-electron chi connectivity index (χ0n) is 13.5. The van der Waals surface area contributed by atoms with E-state index < -0.39 is 0 Å². The first-order chi connectivity index (χ1) is 10.6. The van der Waals surface area contributed by atoms with Gasteiger partial charge in [0.15, 0.2) is 0 Å². The van der Waals surface area contributed by atoms with Gasteiger partial charge in [-0.2, -0.15) is 11.8 Å². The molecule has 0 aromatic heterocycles. The molecule has 1 aromatic rings. The predicted octanol–water partition coefficient (Wildman–Crippen LogP) is 3.11. The fourth-order valence-electron chi connectivity index (χ4n) is 2.96. The fraction of sp³-hybridized carbons (Fsp3) is 0.588. The molecular formula is C17H26ClFN2OS. The normalized spacial score (nSPS) is 16.7. The number of nitrogens with zero attached hydrogens (tertiary/aromatic N) is 1. The number of carbonyl (C=O) groups is 1. The quantitative estimate of drug-likeness (QED) is 0.847. The Morgan fingerprint density at radius 3 is 2.74 bits per heavy atom. The highest BCUT2D eigenvalue weighted by Gasteiger charge is 2.26. The second kappa shape index (κ2) is 10.2. The molecule has 2 N–H and O–H groups in total. The minimum absolute atomic E-state index is 0. The Labute approximate surface area is 148 Å². The van der Waals surface area contributed by atoms with Crippen LogP contribution in [-0.4, -0.2) is 41.9 Å². The Morgan fingerprint density at radius 1 is 1.43 bits per heavy atom. The fourth-order valence-corrected chi connectivity index (χ4v) is 3.45. The van der Waals surface area contributed by atoms with Gasteiger partial charge in [-0.3, -0.25) is 4.79 Å². The summed E-state index contributed by atoms with van der Waals surface area (Å²) in [6.07, 6.45) is 5.59. The minimum atomic E-state index is -0.368. The van der Waals surface area contributed by atoms with Crippen molar-refractivity contribution in [3.05, 3.63) is 35.6 Å². The van der Waals surface area contributed by atoms with Crippen LogP contribution < -0.4 is 5.73 Å². The Balaban J connectivity index is 0.00000264. The molecule has 1 aliphatic heterocycles. The Kier molecular flexibility index (Phi) is 8.95. The van der Waals surface area contributed by atoms with Crippen LogP contribution in [0.25, 0.3) is 0 Å². The van der Waals surface area contributed by atoms with Crippen molar-refractivity contribution < 1.29 is 9.18 Å². The van der Waals surface area contributed by atoms with Crippen LogP contribution in [0.3, 0.4) is 0 Å². The highest BCUT2D eigenvalue weighted by atomic mass is 35.5. The molecule has 0 bridgehead atoms. The molecule has 2 rings (SSSR count). The molecule has 1 fully saturated rings. The largest absolute Gasteiger partial charge is 0.341 e. The highest BCUT2D eigenvalue weighted by molar-refractivity contribution is 7.98. The first kappa shape index (κ1) is 20.3. The molecule has 130 valence electrons. The van der Waals surface area contributed by atoms with Gasteiger partial charge in [0.05, 0.1) is 6.04 Å². The molecule has 6 heteroatoms. The lowest BCUT2D eigenvalue weighted by atomic mass is 9.90. The molecule has 1 amide bonds. The number of likely N-dealkylation sites (tertiary alicyclic amines) is 1. The van der Waals surface area contributed by atoms with Crippen LogP contribution in [0.4, 0.5) is 4.39 Å². The zero-order chi connectivity index (χ0) is 15.9. The predicted molar refractivity (Wildman–Crippen MR) is 97.6 cm³/mol. The molecule has 1 saturated heterocycles. The van der Waals surface area contributed by atoms with E-state index in [4.69, 9.17) is 5.73 Å². The van der Waals surface area contributed by atoms with Crippen LogP contribution in [0.15, 0.2) is 24.3 Å². The lowest BCUT2D eigenvalue weighted by molar-refractivity contribution is -0.134. The number of amides is 1. The topological polar surface area (TPSA) is 46.3 Å². The number of rotatable bonds is 6. The van der Waals surface area contributed by atoms with Gasteiger partial charge in [0, 0.05) is 13.1 Å². The number of benzene rings is 1. The maximum atomic E-state index is 13.2. The summed E-state index contributed by atoms with van der Waals surface area (Å²) in [5.74, 6) is 1.35. The van der Waals surface area contributed by atoms with Crippen LogP contribution in [0.5, 0.6) is 0 Å². The summed E-state index contributed by atoms with van der Waals surface area (Å²) in [7, 11) is 0. The van der Waals surface area contributed by atoms with Crippen molar-refractivity contribution in [2.45, 2.75) is 31.7 Å². The van der Waals surface area contributed by atoms with Crippen molar-refractivity contribution in [3.8, 4) is 0 Å². The third-order valence-corrected chi connectivity index (χ3v) is 4.93. The van der Waals surface area contributed by atoms with Gasteiger partial charge >= 0.3 is 0 Å². The Morgan fingerprint density at radius 2 is 2.13 bits per heavy atom. The summed E-state index contributed by atoms with van der Waals surface area (Å²) in [4.78, 5) is 14.2.